The Kier molecular flexibility index (Phi) is 4.33. The Balaban J connectivity index is 1.94. The van der Waals surface area contributed by atoms with E-state index in [1.54, 1.807) is 6.07 Å². The number of methoxy groups -OCH3 is 1. The Hall–Kier alpha value is -2.36. The maximum Gasteiger partial charge on any atom is 0.331 e. The van der Waals surface area contributed by atoms with E-state index >= 15 is 0 Å². The fraction of sp³-hybridized carbons (Fsp3) is 0.368. The number of fused-ring (bicyclic) bond motifs is 1. The second-order valence-corrected chi connectivity index (χ2v) is 6.12. The summed E-state index contributed by atoms with van der Waals surface area (Å²) in [7, 11) is 1.38. The topological polar surface area (TPSA) is 55.4 Å². The lowest BCUT2D eigenvalue weighted by Gasteiger charge is -2.35. The van der Waals surface area contributed by atoms with Crippen LogP contribution in [-0.2, 0) is 9.53 Å². The maximum atomic E-state index is 12.8. The monoisotopic (exact) mass is 311 g/mol. The zero-order valence-electron chi connectivity index (χ0n) is 13.3. The summed E-state index contributed by atoms with van der Waals surface area (Å²) in [4.78, 5) is 25.1. The lowest BCUT2D eigenvalue weighted by Crippen LogP contribution is -2.56. The number of nitrogens with one attached hydrogen (secondary N) is 1. The van der Waals surface area contributed by atoms with Crippen LogP contribution in [0.3, 0.4) is 0 Å². The second-order valence-electron chi connectivity index (χ2n) is 6.12. The number of benzene rings is 2. The molecule has 3 rings (SSSR count). The molecule has 1 saturated carbocycles. The van der Waals surface area contributed by atoms with Crippen LogP contribution in [0, 0.1) is 0 Å². The van der Waals surface area contributed by atoms with E-state index in [9.17, 15) is 9.59 Å². The van der Waals surface area contributed by atoms with Gasteiger partial charge in [0.05, 0.1) is 7.11 Å². The molecule has 0 radical (unpaired) electrons. The predicted octanol–water partition coefficient (Wildman–Crippen LogP) is 3.45. The summed E-state index contributed by atoms with van der Waals surface area (Å²) in [6.45, 7) is 0. The van der Waals surface area contributed by atoms with Gasteiger partial charge in [0.1, 0.15) is 5.54 Å². The Bertz CT molecular complexity index is 727. The Labute approximate surface area is 135 Å². The number of amides is 1. The van der Waals surface area contributed by atoms with Crippen LogP contribution in [0.1, 0.15) is 42.5 Å². The largest absolute Gasteiger partial charge is 0.467 e. The molecule has 0 spiro atoms. The normalized spacial score (nSPS) is 16.7. The highest BCUT2D eigenvalue weighted by Crippen LogP contribution is 2.30. The smallest absolute Gasteiger partial charge is 0.331 e. The molecule has 1 fully saturated rings. The number of hydrogen-bond donors (Lipinski definition) is 1. The van der Waals surface area contributed by atoms with Gasteiger partial charge in [-0.05, 0) is 29.7 Å². The van der Waals surface area contributed by atoms with Crippen molar-refractivity contribution in [3.8, 4) is 0 Å². The minimum atomic E-state index is -0.888. The van der Waals surface area contributed by atoms with E-state index in [1.807, 2.05) is 36.4 Å². The molecule has 0 bridgehead atoms. The highest BCUT2D eigenvalue weighted by molar-refractivity contribution is 6.08. The molecule has 0 saturated heterocycles. The van der Waals surface area contributed by atoms with E-state index in [1.165, 1.54) is 7.11 Å². The third-order valence-electron chi connectivity index (χ3n) is 4.67. The molecule has 1 aliphatic carbocycles. The van der Waals surface area contributed by atoms with E-state index in [4.69, 9.17) is 4.74 Å². The van der Waals surface area contributed by atoms with Crippen molar-refractivity contribution >= 4 is 22.6 Å². The molecule has 2 aromatic rings. The molecular weight excluding hydrogens is 290 g/mol. The van der Waals surface area contributed by atoms with Crippen molar-refractivity contribution in [1.29, 1.82) is 0 Å². The third-order valence-corrected chi connectivity index (χ3v) is 4.67. The van der Waals surface area contributed by atoms with Gasteiger partial charge in [-0.3, -0.25) is 4.79 Å². The number of esters is 1. The number of ether oxygens (including phenoxy) is 1. The van der Waals surface area contributed by atoms with E-state index in [-0.39, 0.29) is 11.9 Å². The van der Waals surface area contributed by atoms with Crippen molar-refractivity contribution in [2.45, 2.75) is 37.6 Å². The van der Waals surface area contributed by atoms with Crippen LogP contribution in [0.5, 0.6) is 0 Å². The van der Waals surface area contributed by atoms with Crippen molar-refractivity contribution in [3.05, 3.63) is 48.0 Å². The molecule has 4 nitrogen and oxygen atoms in total. The van der Waals surface area contributed by atoms with Crippen molar-refractivity contribution in [2.75, 3.05) is 7.11 Å². The molecule has 0 atom stereocenters. The van der Waals surface area contributed by atoms with Crippen molar-refractivity contribution < 1.29 is 14.3 Å². The quantitative estimate of drug-likeness (QED) is 0.883. The predicted molar refractivity (Wildman–Crippen MR) is 89.2 cm³/mol. The second kappa shape index (κ2) is 6.41. The van der Waals surface area contributed by atoms with Gasteiger partial charge >= 0.3 is 5.97 Å². The lowest BCUT2D eigenvalue weighted by atomic mass is 9.81. The van der Waals surface area contributed by atoms with Crippen LogP contribution in [0.2, 0.25) is 0 Å². The van der Waals surface area contributed by atoms with Gasteiger partial charge < -0.3 is 10.1 Å². The first kappa shape index (κ1) is 15.5. The molecule has 1 aliphatic rings. The first-order valence-corrected chi connectivity index (χ1v) is 8.05. The molecule has 4 heteroatoms. The van der Waals surface area contributed by atoms with Crippen molar-refractivity contribution in [3.63, 3.8) is 0 Å². The van der Waals surface area contributed by atoms with E-state index in [0.29, 0.717) is 18.4 Å². The number of hydrogen-bond acceptors (Lipinski definition) is 3. The van der Waals surface area contributed by atoms with E-state index < -0.39 is 5.54 Å². The number of carbonyl (C=O) groups excluding carboxylic acids is 2. The molecule has 23 heavy (non-hydrogen) atoms. The van der Waals surface area contributed by atoms with Crippen molar-refractivity contribution in [2.24, 2.45) is 0 Å². The average molecular weight is 311 g/mol. The van der Waals surface area contributed by atoms with Crippen LogP contribution >= 0.6 is 0 Å². The van der Waals surface area contributed by atoms with Gasteiger partial charge in [0.2, 0.25) is 0 Å². The summed E-state index contributed by atoms with van der Waals surface area (Å²) in [6, 6.07) is 13.4. The molecule has 0 heterocycles. The van der Waals surface area contributed by atoms with Gasteiger partial charge in [0.15, 0.2) is 0 Å². The molecule has 0 aromatic heterocycles. The van der Waals surface area contributed by atoms with Gasteiger partial charge in [-0.2, -0.15) is 0 Å². The molecule has 2 aromatic carbocycles. The molecule has 0 aliphatic heterocycles. The first-order chi connectivity index (χ1) is 11.2. The molecule has 1 N–H and O–H groups in total. The van der Waals surface area contributed by atoms with Gasteiger partial charge in [0, 0.05) is 5.56 Å². The van der Waals surface area contributed by atoms with Crippen LogP contribution < -0.4 is 5.32 Å². The summed E-state index contributed by atoms with van der Waals surface area (Å²) in [6.07, 6.45) is 4.20. The van der Waals surface area contributed by atoms with Gasteiger partial charge in [0.25, 0.3) is 5.91 Å². The summed E-state index contributed by atoms with van der Waals surface area (Å²) in [5.74, 6) is -0.556. The van der Waals surface area contributed by atoms with E-state index in [2.05, 4.69) is 5.32 Å². The summed E-state index contributed by atoms with van der Waals surface area (Å²) in [5, 5.41) is 4.88. The zero-order valence-corrected chi connectivity index (χ0v) is 13.3. The lowest BCUT2D eigenvalue weighted by molar-refractivity contribution is -0.149. The fourth-order valence-electron chi connectivity index (χ4n) is 3.44. The first-order valence-electron chi connectivity index (χ1n) is 8.05. The number of carbonyl (C=O) groups is 2. The van der Waals surface area contributed by atoms with Crippen LogP contribution in [0.4, 0.5) is 0 Å². The maximum absolute atomic E-state index is 12.8. The fourth-order valence-corrected chi connectivity index (χ4v) is 3.44. The molecule has 0 unspecified atom stereocenters. The Morgan fingerprint density at radius 2 is 1.70 bits per heavy atom. The standard InChI is InChI=1S/C19H21NO3/c1-23-18(22)19(12-5-2-6-13-19)20-17(21)16-11-7-9-14-8-3-4-10-15(14)16/h3-4,7-11H,2,5-6,12-13H2,1H3,(H,20,21). The summed E-state index contributed by atoms with van der Waals surface area (Å²) in [5.41, 5.74) is -0.293. The van der Waals surface area contributed by atoms with Crippen LogP contribution in [0.15, 0.2) is 42.5 Å². The van der Waals surface area contributed by atoms with E-state index in [0.717, 1.165) is 30.0 Å². The van der Waals surface area contributed by atoms with Crippen molar-refractivity contribution in [1.82, 2.24) is 5.32 Å². The summed E-state index contributed by atoms with van der Waals surface area (Å²) >= 11 is 0. The highest BCUT2D eigenvalue weighted by Gasteiger charge is 2.42. The SMILES string of the molecule is COC(=O)C1(NC(=O)c2cccc3ccccc23)CCCCC1. The minimum absolute atomic E-state index is 0.214. The third kappa shape index (κ3) is 2.93. The zero-order chi connectivity index (χ0) is 16.3. The summed E-state index contributed by atoms with van der Waals surface area (Å²) < 4.78 is 4.96. The number of rotatable bonds is 3. The minimum Gasteiger partial charge on any atom is -0.467 e. The van der Waals surface area contributed by atoms with Crippen LogP contribution in [0.25, 0.3) is 10.8 Å². The average Bonchev–Trinajstić information content (AvgIpc) is 2.61. The van der Waals surface area contributed by atoms with Crippen LogP contribution in [-0.4, -0.2) is 24.5 Å². The molecule has 1 amide bonds. The van der Waals surface area contributed by atoms with Gasteiger partial charge in [-0.15, -0.1) is 0 Å². The molecule has 120 valence electrons. The Morgan fingerprint density at radius 3 is 2.43 bits per heavy atom. The highest BCUT2D eigenvalue weighted by atomic mass is 16.5. The van der Waals surface area contributed by atoms with Gasteiger partial charge in [-0.25, -0.2) is 4.79 Å². The Morgan fingerprint density at radius 1 is 1.00 bits per heavy atom. The molecular formula is C19H21NO3. The van der Waals surface area contributed by atoms with Gasteiger partial charge in [-0.1, -0.05) is 55.7 Å².